The first-order valence-corrected chi connectivity index (χ1v) is 10.5. The van der Waals surface area contributed by atoms with E-state index in [2.05, 4.69) is 4.98 Å². The quantitative estimate of drug-likeness (QED) is 0.728. The fourth-order valence-electron chi connectivity index (χ4n) is 3.73. The molecule has 3 aromatic rings. The number of rotatable bonds is 3. The maximum Gasteiger partial charge on any atom is 0.253 e. The number of primary sulfonamides is 1. The molecule has 0 saturated carbocycles. The van der Waals surface area contributed by atoms with Crippen LogP contribution in [-0.4, -0.2) is 42.5 Å². The van der Waals surface area contributed by atoms with Gasteiger partial charge in [-0.15, -0.1) is 0 Å². The van der Waals surface area contributed by atoms with Gasteiger partial charge in [0.25, 0.3) is 5.91 Å². The van der Waals surface area contributed by atoms with Crippen LogP contribution in [0.3, 0.4) is 0 Å². The van der Waals surface area contributed by atoms with Crippen molar-refractivity contribution in [2.75, 3.05) is 13.1 Å². The fraction of sp³-hybridized carbons (Fsp3) is 0.250. The summed E-state index contributed by atoms with van der Waals surface area (Å²) in [7, 11) is -3.54. The van der Waals surface area contributed by atoms with Crippen molar-refractivity contribution < 1.29 is 13.2 Å². The van der Waals surface area contributed by atoms with Gasteiger partial charge < -0.3 is 9.88 Å². The van der Waals surface area contributed by atoms with Gasteiger partial charge >= 0.3 is 0 Å². The molecule has 1 aliphatic heterocycles. The van der Waals surface area contributed by atoms with Crippen molar-refractivity contribution in [1.29, 1.82) is 0 Å². The van der Waals surface area contributed by atoms with Crippen LogP contribution in [0.4, 0.5) is 0 Å². The molecule has 1 aliphatic rings. The summed E-state index contributed by atoms with van der Waals surface area (Å²) in [5, 5.41) is 5.78. The first-order chi connectivity index (χ1) is 12.9. The molecule has 0 bridgehead atoms. The Morgan fingerprint density at radius 2 is 1.81 bits per heavy atom. The number of nitrogens with zero attached hydrogens (tertiary/aromatic N) is 1. The Bertz CT molecular complexity index is 1100. The van der Waals surface area contributed by atoms with Gasteiger partial charge in [-0.3, -0.25) is 4.79 Å². The lowest BCUT2D eigenvalue weighted by Gasteiger charge is -2.31. The van der Waals surface area contributed by atoms with E-state index in [1.807, 2.05) is 48.7 Å². The van der Waals surface area contributed by atoms with Crippen molar-refractivity contribution in [2.24, 2.45) is 5.14 Å². The van der Waals surface area contributed by atoms with Crippen LogP contribution in [0.5, 0.6) is 0 Å². The number of hydrogen-bond acceptors (Lipinski definition) is 3. The largest absolute Gasteiger partial charge is 0.361 e. The van der Waals surface area contributed by atoms with Gasteiger partial charge in [-0.05, 0) is 48.2 Å². The molecule has 4 rings (SSSR count). The summed E-state index contributed by atoms with van der Waals surface area (Å²) in [6.45, 7) is 0.801. The van der Waals surface area contributed by atoms with Gasteiger partial charge in [-0.25, -0.2) is 13.6 Å². The van der Waals surface area contributed by atoms with Gasteiger partial charge in [-0.2, -0.15) is 0 Å². The first-order valence-electron chi connectivity index (χ1n) is 8.91. The van der Waals surface area contributed by atoms with E-state index in [1.54, 1.807) is 11.0 Å². The number of amides is 1. The van der Waals surface area contributed by atoms with Crippen molar-refractivity contribution >= 4 is 26.8 Å². The van der Waals surface area contributed by atoms with Gasteiger partial charge in [0.15, 0.2) is 0 Å². The van der Waals surface area contributed by atoms with Crippen molar-refractivity contribution in [3.05, 3.63) is 60.3 Å². The maximum atomic E-state index is 12.9. The van der Waals surface area contributed by atoms with E-state index in [4.69, 9.17) is 5.14 Å². The van der Waals surface area contributed by atoms with Crippen LogP contribution in [0.2, 0.25) is 0 Å². The molecule has 27 heavy (non-hydrogen) atoms. The second kappa shape index (κ2) is 6.83. The van der Waals surface area contributed by atoms with Crippen LogP contribution in [0.1, 0.15) is 23.2 Å². The molecule has 2 aromatic carbocycles. The van der Waals surface area contributed by atoms with Gasteiger partial charge in [0, 0.05) is 35.8 Å². The van der Waals surface area contributed by atoms with Crippen LogP contribution in [0, 0.1) is 0 Å². The molecule has 0 aliphatic carbocycles. The molecule has 3 N–H and O–H groups in total. The summed E-state index contributed by atoms with van der Waals surface area (Å²) >= 11 is 0. The molecule has 1 amide bonds. The summed E-state index contributed by atoms with van der Waals surface area (Å²) in [6, 6.07) is 15.6. The number of nitrogens with one attached hydrogen (secondary N) is 1. The Morgan fingerprint density at radius 1 is 1.07 bits per heavy atom. The number of likely N-dealkylation sites (tertiary alicyclic amines) is 1. The van der Waals surface area contributed by atoms with Crippen LogP contribution >= 0.6 is 0 Å². The predicted octanol–water partition coefficient (Wildman–Crippen LogP) is 2.73. The second-order valence-corrected chi connectivity index (χ2v) is 8.75. The summed E-state index contributed by atoms with van der Waals surface area (Å²) in [5.74, 6) is -0.0778. The molecule has 0 radical (unpaired) electrons. The minimum Gasteiger partial charge on any atom is -0.361 e. The molecular weight excluding hydrogens is 362 g/mol. The van der Waals surface area contributed by atoms with E-state index in [9.17, 15) is 13.2 Å². The highest BCUT2D eigenvalue weighted by atomic mass is 32.2. The number of carbonyl (C=O) groups is 1. The average molecular weight is 383 g/mol. The first kappa shape index (κ1) is 17.8. The van der Waals surface area contributed by atoms with Gasteiger partial charge in [0.05, 0.1) is 5.25 Å². The highest BCUT2D eigenvalue weighted by Crippen LogP contribution is 2.29. The Balaban J connectivity index is 1.58. The monoisotopic (exact) mass is 383 g/mol. The second-order valence-electron chi connectivity index (χ2n) is 6.91. The highest BCUT2D eigenvalue weighted by Gasteiger charge is 2.29. The van der Waals surface area contributed by atoms with E-state index >= 15 is 0 Å². The van der Waals surface area contributed by atoms with E-state index in [0.29, 0.717) is 31.5 Å². The van der Waals surface area contributed by atoms with Crippen LogP contribution < -0.4 is 5.14 Å². The number of carbonyl (C=O) groups excluding carboxylic acids is 1. The van der Waals surface area contributed by atoms with Gasteiger partial charge in [-0.1, -0.05) is 24.3 Å². The van der Waals surface area contributed by atoms with Crippen molar-refractivity contribution in [1.82, 2.24) is 9.88 Å². The molecule has 1 aromatic heterocycles. The highest BCUT2D eigenvalue weighted by molar-refractivity contribution is 7.89. The summed E-state index contributed by atoms with van der Waals surface area (Å²) in [5.41, 5.74) is 3.70. The lowest BCUT2D eigenvalue weighted by Crippen LogP contribution is -2.44. The third-order valence-corrected chi connectivity index (χ3v) is 6.61. The topological polar surface area (TPSA) is 96.3 Å². The Labute approximate surface area is 158 Å². The molecule has 2 heterocycles. The lowest BCUT2D eigenvalue weighted by molar-refractivity contribution is 0.0725. The van der Waals surface area contributed by atoms with Gasteiger partial charge in [0.1, 0.15) is 0 Å². The normalized spacial score (nSPS) is 16.0. The van der Waals surface area contributed by atoms with E-state index in [-0.39, 0.29) is 5.91 Å². The number of sulfonamides is 1. The average Bonchev–Trinajstić information content (AvgIpc) is 3.16. The van der Waals surface area contributed by atoms with E-state index < -0.39 is 15.3 Å². The molecule has 0 spiro atoms. The van der Waals surface area contributed by atoms with Crippen LogP contribution in [0.15, 0.2) is 54.7 Å². The zero-order valence-corrected chi connectivity index (χ0v) is 15.6. The lowest BCUT2D eigenvalue weighted by atomic mass is 9.99. The fourth-order valence-corrected chi connectivity index (χ4v) is 4.59. The number of piperidine rings is 1. The third kappa shape index (κ3) is 3.48. The number of hydrogen-bond donors (Lipinski definition) is 2. The predicted molar refractivity (Wildman–Crippen MR) is 106 cm³/mol. The Kier molecular flexibility index (Phi) is 4.49. The van der Waals surface area contributed by atoms with Gasteiger partial charge in [0.2, 0.25) is 10.0 Å². The maximum absolute atomic E-state index is 12.9. The number of H-pyrrole nitrogens is 1. The summed E-state index contributed by atoms with van der Waals surface area (Å²) < 4.78 is 23.0. The molecule has 6 nitrogen and oxygen atoms in total. The number of benzene rings is 2. The van der Waals surface area contributed by atoms with Crippen molar-refractivity contribution in [2.45, 2.75) is 18.1 Å². The molecule has 140 valence electrons. The molecule has 1 fully saturated rings. The number of nitrogens with two attached hydrogens (primary N) is 1. The molecule has 7 heteroatoms. The summed E-state index contributed by atoms with van der Waals surface area (Å²) in [6.07, 6.45) is 2.67. The SMILES string of the molecule is NS(=O)(=O)C1CCN(C(=O)c2cccc(-c3cccc4[nH]ccc34)c2)CC1. The zero-order chi connectivity index (χ0) is 19.0. The van der Waals surface area contributed by atoms with E-state index in [0.717, 1.165) is 22.0 Å². The molecule has 0 atom stereocenters. The number of aromatic nitrogens is 1. The smallest absolute Gasteiger partial charge is 0.253 e. The standard InChI is InChI=1S/C20H21N3O3S/c21-27(25,26)16-8-11-23(12-9-16)20(24)15-4-1-3-14(13-15)17-5-2-6-19-18(17)7-10-22-19/h1-7,10,13,16,22H,8-9,11-12H2,(H2,21,25,26). The van der Waals surface area contributed by atoms with Crippen LogP contribution in [0.25, 0.3) is 22.0 Å². The minimum absolute atomic E-state index is 0.0778. The Morgan fingerprint density at radius 3 is 2.56 bits per heavy atom. The van der Waals surface area contributed by atoms with Crippen LogP contribution in [-0.2, 0) is 10.0 Å². The number of aromatic amines is 1. The zero-order valence-electron chi connectivity index (χ0n) is 14.8. The summed E-state index contributed by atoms with van der Waals surface area (Å²) in [4.78, 5) is 17.8. The molecule has 0 unspecified atom stereocenters. The van der Waals surface area contributed by atoms with Crippen molar-refractivity contribution in [3.63, 3.8) is 0 Å². The Hall–Kier alpha value is -2.64. The van der Waals surface area contributed by atoms with E-state index in [1.165, 1.54) is 0 Å². The minimum atomic E-state index is -3.54. The molecule has 1 saturated heterocycles. The molecular formula is C20H21N3O3S. The third-order valence-electron chi connectivity index (χ3n) is 5.21. The number of fused-ring (bicyclic) bond motifs is 1. The van der Waals surface area contributed by atoms with Crippen molar-refractivity contribution in [3.8, 4) is 11.1 Å².